The van der Waals surface area contributed by atoms with Gasteiger partial charge in [-0.2, -0.15) is 0 Å². The van der Waals surface area contributed by atoms with E-state index in [-0.39, 0.29) is 36.3 Å². The molecule has 0 saturated carbocycles. The van der Waals surface area contributed by atoms with Crippen molar-refractivity contribution in [1.82, 2.24) is 9.80 Å². The molecule has 0 aliphatic carbocycles. The number of carbonyl (C=O) groups excluding carboxylic acids is 3. The molecule has 0 spiro atoms. The zero-order valence-corrected chi connectivity index (χ0v) is 16.9. The van der Waals surface area contributed by atoms with Crippen LogP contribution in [0, 0.1) is 19.8 Å². The van der Waals surface area contributed by atoms with Crippen LogP contribution in [0.5, 0.6) is 0 Å². The van der Waals surface area contributed by atoms with Crippen LogP contribution in [-0.2, 0) is 14.3 Å². The lowest BCUT2D eigenvalue weighted by Crippen LogP contribution is -2.47. The van der Waals surface area contributed by atoms with Crippen molar-refractivity contribution < 1.29 is 19.1 Å². The molecule has 0 bridgehead atoms. The first-order valence-electron chi connectivity index (χ1n) is 9.98. The number of aryl methyl sites for hydroxylation is 2. The van der Waals surface area contributed by atoms with Gasteiger partial charge in [-0.15, -0.1) is 0 Å². The minimum absolute atomic E-state index is 0.0230. The molecule has 2 aliphatic rings. The molecular weight excluding hydrogens is 358 g/mol. The van der Waals surface area contributed by atoms with Crippen molar-refractivity contribution in [1.29, 1.82) is 0 Å². The average Bonchev–Trinajstić information content (AvgIpc) is 3.07. The summed E-state index contributed by atoms with van der Waals surface area (Å²) in [4.78, 5) is 40.5. The van der Waals surface area contributed by atoms with E-state index in [9.17, 15) is 14.4 Å². The maximum absolute atomic E-state index is 12.6. The minimum atomic E-state index is -0.336. The van der Waals surface area contributed by atoms with Crippen LogP contribution in [0.1, 0.15) is 37.3 Å². The van der Waals surface area contributed by atoms with E-state index < -0.39 is 0 Å². The molecule has 2 saturated heterocycles. The minimum Gasteiger partial charge on any atom is -0.450 e. The number of ether oxygens (including phenoxy) is 1. The highest BCUT2D eigenvalue weighted by Gasteiger charge is 2.39. The van der Waals surface area contributed by atoms with Gasteiger partial charge in [-0.25, -0.2) is 4.79 Å². The van der Waals surface area contributed by atoms with E-state index in [0.717, 1.165) is 24.1 Å². The first-order chi connectivity index (χ1) is 13.4. The molecule has 1 atom stereocenters. The number of benzene rings is 1. The van der Waals surface area contributed by atoms with Gasteiger partial charge in [0.1, 0.15) is 0 Å². The first-order valence-corrected chi connectivity index (χ1v) is 9.98. The SMILES string of the molecule is CCOC(=O)N1CCC(N2CC(C(=O)Nc3ccc(C)c(C)c3)CC2=O)CC1. The summed E-state index contributed by atoms with van der Waals surface area (Å²) in [5.41, 5.74) is 3.06. The van der Waals surface area contributed by atoms with E-state index in [0.29, 0.717) is 26.2 Å². The first kappa shape index (κ1) is 20.2. The maximum Gasteiger partial charge on any atom is 0.409 e. The lowest BCUT2D eigenvalue weighted by Gasteiger charge is -2.36. The maximum atomic E-state index is 12.6. The second-order valence-corrected chi connectivity index (χ2v) is 7.65. The second-order valence-electron chi connectivity index (χ2n) is 7.65. The quantitative estimate of drug-likeness (QED) is 0.862. The topological polar surface area (TPSA) is 79.0 Å². The fourth-order valence-electron chi connectivity index (χ4n) is 3.90. The van der Waals surface area contributed by atoms with Gasteiger partial charge in [0, 0.05) is 37.8 Å². The van der Waals surface area contributed by atoms with E-state index in [2.05, 4.69) is 5.32 Å². The zero-order chi connectivity index (χ0) is 20.3. The van der Waals surface area contributed by atoms with Gasteiger partial charge in [0.25, 0.3) is 0 Å². The summed E-state index contributed by atoms with van der Waals surface area (Å²) in [7, 11) is 0. The van der Waals surface area contributed by atoms with Gasteiger partial charge in [0.2, 0.25) is 11.8 Å². The predicted molar refractivity (Wildman–Crippen MR) is 106 cm³/mol. The van der Waals surface area contributed by atoms with Gasteiger partial charge in [-0.05, 0) is 56.9 Å². The van der Waals surface area contributed by atoms with Gasteiger partial charge in [-0.3, -0.25) is 9.59 Å². The average molecular weight is 387 g/mol. The Morgan fingerprint density at radius 1 is 1.18 bits per heavy atom. The molecule has 1 aromatic rings. The third kappa shape index (κ3) is 4.46. The lowest BCUT2D eigenvalue weighted by molar-refractivity contribution is -0.130. The third-order valence-corrected chi connectivity index (χ3v) is 5.73. The number of anilines is 1. The highest BCUT2D eigenvalue weighted by atomic mass is 16.6. The standard InChI is InChI=1S/C21H29N3O4/c1-4-28-21(27)23-9-7-18(8-10-23)24-13-16(12-19(24)25)20(26)22-17-6-5-14(2)15(3)11-17/h5-6,11,16,18H,4,7-10,12-13H2,1-3H3,(H,22,26). The predicted octanol–water partition coefficient (Wildman–Crippen LogP) is 2.71. The van der Waals surface area contributed by atoms with Gasteiger partial charge in [-0.1, -0.05) is 6.07 Å². The zero-order valence-electron chi connectivity index (χ0n) is 16.9. The summed E-state index contributed by atoms with van der Waals surface area (Å²) in [6, 6.07) is 5.90. The Bertz CT molecular complexity index is 756. The number of piperidine rings is 1. The molecule has 1 aromatic carbocycles. The molecule has 7 heteroatoms. The Morgan fingerprint density at radius 3 is 2.54 bits per heavy atom. The normalized spacial score (nSPS) is 20.4. The van der Waals surface area contributed by atoms with Crippen LogP contribution in [0.4, 0.5) is 10.5 Å². The highest BCUT2D eigenvalue weighted by molar-refractivity contribution is 5.97. The monoisotopic (exact) mass is 387 g/mol. The summed E-state index contributed by atoms with van der Waals surface area (Å²) in [6.07, 6.45) is 1.39. The Labute approximate surface area is 166 Å². The van der Waals surface area contributed by atoms with E-state index >= 15 is 0 Å². The van der Waals surface area contributed by atoms with Crippen LogP contribution in [-0.4, -0.2) is 60.0 Å². The number of rotatable bonds is 4. The number of likely N-dealkylation sites (tertiary alicyclic amines) is 2. The second kappa shape index (κ2) is 8.63. The van der Waals surface area contributed by atoms with Crippen molar-refractivity contribution in [3.8, 4) is 0 Å². The summed E-state index contributed by atoms with van der Waals surface area (Å²) in [6.45, 7) is 7.78. The molecule has 152 valence electrons. The van der Waals surface area contributed by atoms with E-state index in [1.54, 1.807) is 11.8 Å². The van der Waals surface area contributed by atoms with Crippen molar-refractivity contribution in [2.45, 2.75) is 46.1 Å². The fourth-order valence-corrected chi connectivity index (χ4v) is 3.90. The van der Waals surface area contributed by atoms with Crippen LogP contribution in [0.3, 0.4) is 0 Å². The number of carbonyl (C=O) groups is 3. The fraction of sp³-hybridized carbons (Fsp3) is 0.571. The smallest absolute Gasteiger partial charge is 0.409 e. The summed E-state index contributed by atoms with van der Waals surface area (Å²) < 4.78 is 5.04. The van der Waals surface area contributed by atoms with Crippen LogP contribution in [0.25, 0.3) is 0 Å². The Kier molecular flexibility index (Phi) is 6.21. The molecule has 28 heavy (non-hydrogen) atoms. The molecule has 1 N–H and O–H groups in total. The molecule has 7 nitrogen and oxygen atoms in total. The molecule has 2 heterocycles. The molecular formula is C21H29N3O4. The van der Waals surface area contributed by atoms with Crippen molar-refractivity contribution in [2.75, 3.05) is 31.6 Å². The molecule has 3 amide bonds. The highest BCUT2D eigenvalue weighted by Crippen LogP contribution is 2.27. The van der Waals surface area contributed by atoms with Gasteiger partial charge >= 0.3 is 6.09 Å². The number of nitrogens with one attached hydrogen (secondary N) is 1. The molecule has 3 rings (SSSR count). The van der Waals surface area contributed by atoms with Crippen LogP contribution in [0.2, 0.25) is 0 Å². The van der Waals surface area contributed by atoms with Crippen LogP contribution < -0.4 is 5.32 Å². The summed E-state index contributed by atoms with van der Waals surface area (Å²) in [5.74, 6) is -0.421. The van der Waals surface area contributed by atoms with E-state index in [1.807, 2.05) is 36.9 Å². The van der Waals surface area contributed by atoms with Gasteiger partial charge in [0.05, 0.1) is 12.5 Å². The van der Waals surface area contributed by atoms with Crippen LogP contribution >= 0.6 is 0 Å². The number of nitrogens with zero attached hydrogens (tertiary/aromatic N) is 2. The largest absolute Gasteiger partial charge is 0.450 e. The van der Waals surface area contributed by atoms with Crippen molar-refractivity contribution in [3.05, 3.63) is 29.3 Å². The van der Waals surface area contributed by atoms with Gasteiger partial charge < -0.3 is 19.9 Å². The summed E-state index contributed by atoms with van der Waals surface area (Å²) >= 11 is 0. The Balaban J connectivity index is 1.54. The van der Waals surface area contributed by atoms with E-state index in [1.165, 1.54) is 5.56 Å². The molecule has 2 fully saturated rings. The third-order valence-electron chi connectivity index (χ3n) is 5.73. The molecule has 1 unspecified atom stereocenters. The van der Waals surface area contributed by atoms with E-state index in [4.69, 9.17) is 4.74 Å². The summed E-state index contributed by atoms with van der Waals surface area (Å²) in [5, 5.41) is 2.94. The van der Waals surface area contributed by atoms with Crippen molar-refractivity contribution >= 4 is 23.6 Å². The van der Waals surface area contributed by atoms with Crippen molar-refractivity contribution in [3.63, 3.8) is 0 Å². The van der Waals surface area contributed by atoms with Crippen molar-refractivity contribution in [2.24, 2.45) is 5.92 Å². The number of hydrogen-bond donors (Lipinski definition) is 1. The lowest BCUT2D eigenvalue weighted by atomic mass is 10.0. The molecule has 0 aromatic heterocycles. The number of hydrogen-bond acceptors (Lipinski definition) is 4. The molecule has 2 aliphatic heterocycles. The van der Waals surface area contributed by atoms with Crippen LogP contribution in [0.15, 0.2) is 18.2 Å². The Morgan fingerprint density at radius 2 is 1.89 bits per heavy atom. The molecule has 0 radical (unpaired) electrons. The number of amides is 3. The Hall–Kier alpha value is -2.57. The van der Waals surface area contributed by atoms with Gasteiger partial charge in [0.15, 0.2) is 0 Å².